The highest BCUT2D eigenvalue weighted by Gasteiger charge is 2.26. The number of nitrogens with zero attached hydrogens (tertiary/aromatic N) is 1. The Kier molecular flexibility index (Phi) is 6.78. The molecule has 0 spiro atoms. The van der Waals surface area contributed by atoms with Crippen LogP contribution in [0, 0.1) is 5.82 Å². The summed E-state index contributed by atoms with van der Waals surface area (Å²) in [6.07, 6.45) is 4.66. The van der Waals surface area contributed by atoms with Crippen LogP contribution in [0.1, 0.15) is 37.7 Å². The predicted molar refractivity (Wildman–Crippen MR) is 122 cm³/mol. The van der Waals surface area contributed by atoms with Gasteiger partial charge in [0.1, 0.15) is 5.82 Å². The van der Waals surface area contributed by atoms with Gasteiger partial charge < -0.3 is 19.9 Å². The van der Waals surface area contributed by atoms with Crippen LogP contribution in [0.25, 0.3) is 16.6 Å². The average molecular weight is 444 g/mol. The van der Waals surface area contributed by atoms with Crippen LogP contribution in [0.2, 0.25) is 5.02 Å². The van der Waals surface area contributed by atoms with Gasteiger partial charge in [0.15, 0.2) is 0 Å². The lowest BCUT2D eigenvalue weighted by Gasteiger charge is -2.30. The lowest BCUT2D eigenvalue weighted by atomic mass is 9.85. The molecule has 1 aliphatic heterocycles. The zero-order valence-electron chi connectivity index (χ0n) is 17.5. The van der Waals surface area contributed by atoms with Crippen molar-refractivity contribution in [1.29, 1.82) is 0 Å². The van der Waals surface area contributed by atoms with E-state index in [1.165, 1.54) is 23.1 Å². The van der Waals surface area contributed by atoms with Crippen LogP contribution in [0.3, 0.4) is 0 Å². The molecule has 2 heterocycles. The third-order valence-electron chi connectivity index (χ3n) is 5.88. The number of hydrogen-bond acceptors (Lipinski definition) is 3. The first kappa shape index (κ1) is 21.7. The molecule has 5 nitrogen and oxygen atoms in total. The van der Waals surface area contributed by atoms with Gasteiger partial charge in [-0.05, 0) is 80.6 Å². The molecule has 3 aromatic rings. The number of halogens is 2. The van der Waals surface area contributed by atoms with E-state index in [9.17, 15) is 9.18 Å². The highest BCUT2D eigenvalue weighted by Crippen LogP contribution is 2.37. The monoisotopic (exact) mass is 443 g/mol. The quantitative estimate of drug-likeness (QED) is 0.536. The molecule has 0 aliphatic carbocycles. The Balaban J connectivity index is 1.56. The molecule has 1 aliphatic rings. The first-order valence-electron chi connectivity index (χ1n) is 10.8. The van der Waals surface area contributed by atoms with Gasteiger partial charge in [0, 0.05) is 34.9 Å². The van der Waals surface area contributed by atoms with Crippen LogP contribution < -0.4 is 10.6 Å². The first-order valence-corrected chi connectivity index (χ1v) is 11.1. The summed E-state index contributed by atoms with van der Waals surface area (Å²) in [5, 5.41) is 8.21. The normalized spacial score (nSPS) is 18.8. The number of ether oxygens (including phenoxy) is 1. The van der Waals surface area contributed by atoms with Crippen molar-refractivity contribution < 1.29 is 13.9 Å². The summed E-state index contributed by atoms with van der Waals surface area (Å²) < 4.78 is 20.5. The molecule has 0 bridgehead atoms. The maximum atomic E-state index is 13.4. The molecule has 1 aromatic heterocycles. The Morgan fingerprint density at radius 2 is 2.10 bits per heavy atom. The van der Waals surface area contributed by atoms with Crippen LogP contribution in [0.5, 0.6) is 0 Å². The second kappa shape index (κ2) is 9.71. The lowest BCUT2D eigenvalue weighted by Crippen LogP contribution is -2.40. The van der Waals surface area contributed by atoms with Crippen LogP contribution in [-0.4, -0.2) is 36.4 Å². The van der Waals surface area contributed by atoms with Crippen molar-refractivity contribution in [2.45, 2.75) is 38.1 Å². The van der Waals surface area contributed by atoms with Gasteiger partial charge in [-0.2, -0.15) is 0 Å². The molecule has 2 N–H and O–H groups in total. The minimum absolute atomic E-state index is 0.254. The summed E-state index contributed by atoms with van der Waals surface area (Å²) >= 11 is 6.30. The van der Waals surface area contributed by atoms with Gasteiger partial charge in [-0.3, -0.25) is 0 Å². The summed E-state index contributed by atoms with van der Waals surface area (Å²) in [4.78, 5) is 11.5. The van der Waals surface area contributed by atoms with Crippen molar-refractivity contribution in [3.05, 3.63) is 65.1 Å². The molecule has 1 amide bonds. The third kappa shape index (κ3) is 5.02. The summed E-state index contributed by atoms with van der Waals surface area (Å²) in [5.74, 6) is 0.135. The molecule has 0 radical (unpaired) electrons. The number of rotatable bonds is 6. The van der Waals surface area contributed by atoms with E-state index in [0.717, 1.165) is 37.0 Å². The second-order valence-electron chi connectivity index (χ2n) is 7.90. The SMILES string of the molecule is CCOC(=O)NCCC1CC(c2cn(-c3ccc(F)cc3)c3cc(Cl)ccc23)CCN1. The van der Waals surface area contributed by atoms with Crippen molar-refractivity contribution in [3.63, 3.8) is 0 Å². The van der Waals surface area contributed by atoms with E-state index >= 15 is 0 Å². The molecule has 2 atom stereocenters. The van der Waals surface area contributed by atoms with Gasteiger partial charge >= 0.3 is 6.09 Å². The predicted octanol–water partition coefficient (Wildman–Crippen LogP) is 5.39. The van der Waals surface area contributed by atoms with E-state index in [1.54, 1.807) is 19.1 Å². The lowest BCUT2D eigenvalue weighted by molar-refractivity contribution is 0.151. The van der Waals surface area contributed by atoms with Crippen molar-refractivity contribution in [1.82, 2.24) is 15.2 Å². The van der Waals surface area contributed by atoms with Crippen LogP contribution in [-0.2, 0) is 4.74 Å². The Morgan fingerprint density at radius 1 is 1.29 bits per heavy atom. The first-order chi connectivity index (χ1) is 15.0. The zero-order chi connectivity index (χ0) is 21.8. The van der Waals surface area contributed by atoms with Gasteiger partial charge in [0.05, 0.1) is 12.1 Å². The van der Waals surface area contributed by atoms with E-state index in [4.69, 9.17) is 16.3 Å². The molecule has 2 aromatic carbocycles. The molecule has 0 saturated carbocycles. The van der Waals surface area contributed by atoms with Crippen molar-refractivity contribution in [3.8, 4) is 5.69 Å². The topological polar surface area (TPSA) is 55.3 Å². The van der Waals surface area contributed by atoms with Crippen LogP contribution in [0.4, 0.5) is 9.18 Å². The van der Waals surface area contributed by atoms with Crippen LogP contribution in [0.15, 0.2) is 48.7 Å². The number of aromatic nitrogens is 1. The molecule has 2 unspecified atom stereocenters. The molecule has 31 heavy (non-hydrogen) atoms. The number of alkyl carbamates (subject to hydrolysis) is 1. The van der Waals surface area contributed by atoms with E-state index < -0.39 is 0 Å². The highest BCUT2D eigenvalue weighted by atomic mass is 35.5. The number of piperidine rings is 1. The fourth-order valence-corrected chi connectivity index (χ4v) is 4.57. The number of hydrogen-bond donors (Lipinski definition) is 2. The Labute approximate surface area is 186 Å². The Morgan fingerprint density at radius 3 is 2.87 bits per heavy atom. The molecule has 1 saturated heterocycles. The van der Waals surface area contributed by atoms with E-state index in [2.05, 4.69) is 27.5 Å². The van der Waals surface area contributed by atoms with Gasteiger partial charge in [0.25, 0.3) is 0 Å². The molecular weight excluding hydrogens is 417 g/mol. The van der Waals surface area contributed by atoms with Gasteiger partial charge in [0.2, 0.25) is 0 Å². The number of fused-ring (bicyclic) bond motifs is 1. The minimum atomic E-state index is -0.367. The zero-order valence-corrected chi connectivity index (χ0v) is 18.3. The van der Waals surface area contributed by atoms with E-state index in [0.29, 0.717) is 30.1 Å². The highest BCUT2D eigenvalue weighted by molar-refractivity contribution is 6.31. The third-order valence-corrected chi connectivity index (χ3v) is 6.11. The second-order valence-corrected chi connectivity index (χ2v) is 8.34. The van der Waals surface area contributed by atoms with Gasteiger partial charge in [-0.1, -0.05) is 17.7 Å². The summed E-state index contributed by atoms with van der Waals surface area (Å²) in [6, 6.07) is 12.8. The smallest absolute Gasteiger partial charge is 0.407 e. The summed E-state index contributed by atoms with van der Waals surface area (Å²) in [5.41, 5.74) is 3.21. The van der Waals surface area contributed by atoms with Gasteiger partial charge in [-0.15, -0.1) is 0 Å². The molecule has 7 heteroatoms. The van der Waals surface area contributed by atoms with Crippen molar-refractivity contribution in [2.24, 2.45) is 0 Å². The number of carbonyl (C=O) groups excluding carboxylic acids is 1. The average Bonchev–Trinajstić information content (AvgIpc) is 3.13. The minimum Gasteiger partial charge on any atom is -0.450 e. The maximum Gasteiger partial charge on any atom is 0.407 e. The molecule has 1 fully saturated rings. The summed E-state index contributed by atoms with van der Waals surface area (Å²) in [6.45, 7) is 3.67. The molecule has 164 valence electrons. The van der Waals surface area contributed by atoms with Crippen molar-refractivity contribution in [2.75, 3.05) is 19.7 Å². The largest absolute Gasteiger partial charge is 0.450 e. The Bertz CT molecular complexity index is 1050. The van der Waals surface area contributed by atoms with Crippen molar-refractivity contribution >= 4 is 28.6 Å². The van der Waals surface area contributed by atoms with Crippen LogP contribution >= 0.6 is 11.6 Å². The number of nitrogens with one attached hydrogen (secondary N) is 2. The number of carbonyl (C=O) groups is 1. The summed E-state index contributed by atoms with van der Waals surface area (Å²) in [7, 11) is 0. The number of benzene rings is 2. The molecule has 4 rings (SSSR count). The van der Waals surface area contributed by atoms with Gasteiger partial charge in [-0.25, -0.2) is 9.18 Å². The fourth-order valence-electron chi connectivity index (χ4n) is 4.41. The van der Waals surface area contributed by atoms with E-state index in [1.807, 2.05) is 12.1 Å². The fraction of sp³-hybridized carbons (Fsp3) is 0.375. The molecular formula is C24H27ClFN3O2. The Hall–Kier alpha value is -2.57. The maximum absolute atomic E-state index is 13.4. The van der Waals surface area contributed by atoms with E-state index in [-0.39, 0.29) is 11.9 Å². The number of amides is 1. The standard InChI is InChI=1S/C24H27ClFN3O2/c1-2-31-24(30)28-12-10-19-13-16(9-11-27-19)22-15-29(20-6-4-18(26)5-7-20)23-14-17(25)3-8-21(22)23/h3-8,14-16,19,27H,2,9-13H2,1H3,(H,28,30).